The van der Waals surface area contributed by atoms with Crippen LogP contribution in [0, 0.1) is 11.3 Å². The number of rotatable bonds is 3. The molecule has 4 atom stereocenters. The van der Waals surface area contributed by atoms with Crippen LogP contribution in [0.5, 0.6) is 0 Å². The van der Waals surface area contributed by atoms with Crippen molar-refractivity contribution in [2.24, 2.45) is 11.3 Å². The average Bonchev–Trinajstić information content (AvgIpc) is 3.55. The van der Waals surface area contributed by atoms with Gasteiger partial charge in [-0.3, -0.25) is 14.4 Å². The number of hydrogen-bond acceptors (Lipinski definition) is 5. The Kier molecular flexibility index (Phi) is 4.49. The standard InChI is InChI=1S/C29H26N2O4/c1-28(2,3)26(33)24-23(25(32)21-13-8-16-35-21)29(18-10-5-6-11-19(18)30-27(29)34)22-15-14-17-9-4-7-12-20(17)31(22)24/h4-16,22-24H,1-3H3,(H,30,34)/t22-,23+,24+,29-/m1/s1. The third kappa shape index (κ3) is 2.80. The molecular weight excluding hydrogens is 440 g/mol. The molecule has 1 saturated heterocycles. The Bertz CT molecular complexity index is 1400. The zero-order valence-corrected chi connectivity index (χ0v) is 19.8. The maximum atomic E-state index is 14.2. The molecule has 1 spiro atoms. The highest BCUT2D eigenvalue weighted by Gasteiger charge is 2.71. The second kappa shape index (κ2) is 7.28. The molecule has 0 radical (unpaired) electrons. The molecule has 1 fully saturated rings. The molecule has 1 N–H and O–H groups in total. The second-order valence-corrected chi connectivity index (χ2v) is 10.5. The lowest BCUT2D eigenvalue weighted by molar-refractivity contribution is -0.128. The van der Waals surface area contributed by atoms with Crippen molar-refractivity contribution in [3.8, 4) is 0 Å². The number of ketones is 2. The largest absolute Gasteiger partial charge is 0.461 e. The zero-order chi connectivity index (χ0) is 24.5. The molecule has 0 aliphatic carbocycles. The van der Waals surface area contributed by atoms with Gasteiger partial charge < -0.3 is 14.6 Å². The fraction of sp³-hybridized carbons (Fsp3) is 0.276. The molecule has 3 aliphatic rings. The zero-order valence-electron chi connectivity index (χ0n) is 19.8. The van der Waals surface area contributed by atoms with E-state index in [1.165, 1.54) is 6.26 Å². The molecule has 2 aromatic carbocycles. The van der Waals surface area contributed by atoms with Gasteiger partial charge in [0, 0.05) is 16.8 Å². The lowest BCUT2D eigenvalue weighted by Crippen LogP contribution is -2.51. The Morgan fingerprint density at radius 3 is 2.49 bits per heavy atom. The molecule has 6 rings (SSSR count). The highest BCUT2D eigenvalue weighted by atomic mass is 16.3. The SMILES string of the molecule is CC(C)(C)C(=O)[C@@H]1[C@@H](C(=O)c2ccco2)[C@]2(C(=O)Nc3ccccc32)[C@H]2C=Cc3ccccc3N12. The van der Waals surface area contributed by atoms with Gasteiger partial charge in [-0.15, -0.1) is 0 Å². The summed E-state index contributed by atoms with van der Waals surface area (Å²) in [6, 6.07) is 17.2. The van der Waals surface area contributed by atoms with Gasteiger partial charge >= 0.3 is 0 Å². The molecule has 3 aliphatic heterocycles. The summed E-state index contributed by atoms with van der Waals surface area (Å²) < 4.78 is 5.54. The van der Waals surface area contributed by atoms with Gasteiger partial charge in [0.05, 0.1) is 18.2 Å². The van der Waals surface area contributed by atoms with Crippen molar-refractivity contribution in [2.75, 3.05) is 10.2 Å². The van der Waals surface area contributed by atoms with E-state index in [0.717, 1.165) is 16.8 Å². The van der Waals surface area contributed by atoms with Crippen molar-refractivity contribution >= 4 is 34.9 Å². The molecule has 176 valence electrons. The first-order chi connectivity index (χ1) is 16.8. The fourth-order valence-electron chi connectivity index (χ4n) is 6.14. The van der Waals surface area contributed by atoms with Crippen LogP contribution in [-0.4, -0.2) is 29.6 Å². The van der Waals surface area contributed by atoms with Crippen LogP contribution in [0.2, 0.25) is 0 Å². The lowest BCUT2D eigenvalue weighted by atomic mass is 9.63. The first-order valence-corrected chi connectivity index (χ1v) is 11.8. The Morgan fingerprint density at radius 2 is 1.74 bits per heavy atom. The predicted molar refractivity (Wildman–Crippen MR) is 133 cm³/mol. The number of nitrogens with zero attached hydrogens (tertiary/aromatic N) is 1. The molecule has 6 heteroatoms. The van der Waals surface area contributed by atoms with Crippen molar-refractivity contribution in [3.63, 3.8) is 0 Å². The van der Waals surface area contributed by atoms with E-state index in [4.69, 9.17) is 4.42 Å². The first-order valence-electron chi connectivity index (χ1n) is 11.8. The lowest BCUT2D eigenvalue weighted by Gasteiger charge is -2.38. The van der Waals surface area contributed by atoms with Gasteiger partial charge in [0.2, 0.25) is 11.7 Å². The van der Waals surface area contributed by atoms with Gasteiger partial charge in [-0.2, -0.15) is 0 Å². The summed E-state index contributed by atoms with van der Waals surface area (Å²) in [5, 5.41) is 3.02. The summed E-state index contributed by atoms with van der Waals surface area (Å²) in [5.41, 5.74) is 1.16. The van der Waals surface area contributed by atoms with E-state index < -0.39 is 28.8 Å². The Balaban J connectivity index is 1.69. The summed E-state index contributed by atoms with van der Waals surface area (Å²) in [4.78, 5) is 44.5. The van der Waals surface area contributed by atoms with Crippen molar-refractivity contribution in [3.05, 3.63) is 89.9 Å². The van der Waals surface area contributed by atoms with Crippen LogP contribution in [0.4, 0.5) is 11.4 Å². The van der Waals surface area contributed by atoms with E-state index in [-0.39, 0.29) is 23.2 Å². The highest BCUT2D eigenvalue weighted by molar-refractivity contribution is 6.16. The molecule has 3 aromatic rings. The van der Waals surface area contributed by atoms with Crippen LogP contribution < -0.4 is 10.2 Å². The first kappa shape index (κ1) is 21.6. The highest BCUT2D eigenvalue weighted by Crippen LogP contribution is 2.58. The molecule has 35 heavy (non-hydrogen) atoms. The molecule has 1 amide bonds. The number of para-hydroxylation sites is 2. The summed E-state index contributed by atoms with van der Waals surface area (Å²) in [6.45, 7) is 5.58. The van der Waals surface area contributed by atoms with Crippen LogP contribution in [0.3, 0.4) is 0 Å². The molecule has 0 saturated carbocycles. The van der Waals surface area contributed by atoms with Crippen LogP contribution in [0.25, 0.3) is 6.08 Å². The number of anilines is 2. The van der Waals surface area contributed by atoms with E-state index >= 15 is 0 Å². The molecule has 6 nitrogen and oxygen atoms in total. The van der Waals surface area contributed by atoms with Gasteiger partial charge in [-0.05, 0) is 35.4 Å². The summed E-state index contributed by atoms with van der Waals surface area (Å²) >= 11 is 0. The van der Waals surface area contributed by atoms with Crippen LogP contribution in [-0.2, 0) is 15.0 Å². The number of carbonyl (C=O) groups excluding carboxylic acids is 3. The van der Waals surface area contributed by atoms with E-state index in [0.29, 0.717) is 5.69 Å². The van der Waals surface area contributed by atoms with Crippen molar-refractivity contribution in [2.45, 2.75) is 38.3 Å². The number of Topliss-reactive ketones (excluding diaryl/α,β-unsaturated/α-hetero) is 2. The Hall–Kier alpha value is -3.93. The van der Waals surface area contributed by atoms with Gasteiger partial charge in [-0.1, -0.05) is 69.3 Å². The Labute approximate surface area is 203 Å². The Morgan fingerprint density at radius 1 is 1.00 bits per heavy atom. The summed E-state index contributed by atoms with van der Waals surface area (Å²) in [7, 11) is 0. The third-order valence-corrected chi connectivity index (χ3v) is 7.60. The van der Waals surface area contributed by atoms with Crippen molar-refractivity contribution < 1.29 is 18.8 Å². The van der Waals surface area contributed by atoms with E-state index in [1.54, 1.807) is 12.1 Å². The minimum atomic E-state index is -1.30. The van der Waals surface area contributed by atoms with E-state index in [9.17, 15) is 14.4 Å². The van der Waals surface area contributed by atoms with E-state index in [1.807, 2.05) is 86.4 Å². The molecule has 4 heterocycles. The molecule has 1 aromatic heterocycles. The van der Waals surface area contributed by atoms with Crippen LogP contribution in [0.15, 0.2) is 77.4 Å². The van der Waals surface area contributed by atoms with Crippen LogP contribution in [0.1, 0.15) is 42.5 Å². The van der Waals surface area contributed by atoms with Crippen LogP contribution >= 0.6 is 0 Å². The third-order valence-electron chi connectivity index (χ3n) is 7.60. The number of nitrogens with one attached hydrogen (secondary N) is 1. The smallest absolute Gasteiger partial charge is 0.238 e. The maximum absolute atomic E-state index is 14.2. The predicted octanol–water partition coefficient (Wildman–Crippen LogP) is 4.87. The van der Waals surface area contributed by atoms with Crippen molar-refractivity contribution in [1.29, 1.82) is 0 Å². The van der Waals surface area contributed by atoms with Gasteiger partial charge in [0.15, 0.2) is 11.5 Å². The number of fused-ring (bicyclic) bond motifs is 6. The van der Waals surface area contributed by atoms with Gasteiger partial charge in [0.1, 0.15) is 11.5 Å². The number of amides is 1. The fourth-order valence-corrected chi connectivity index (χ4v) is 6.14. The van der Waals surface area contributed by atoms with Gasteiger partial charge in [0.25, 0.3) is 0 Å². The number of furan rings is 1. The monoisotopic (exact) mass is 466 g/mol. The minimum Gasteiger partial charge on any atom is -0.461 e. The topological polar surface area (TPSA) is 79.6 Å². The molecule has 0 bridgehead atoms. The normalized spacial score (nSPS) is 26.3. The van der Waals surface area contributed by atoms with E-state index in [2.05, 4.69) is 5.32 Å². The molecular formula is C29H26N2O4. The maximum Gasteiger partial charge on any atom is 0.238 e. The van der Waals surface area contributed by atoms with Gasteiger partial charge in [-0.25, -0.2) is 0 Å². The number of benzene rings is 2. The average molecular weight is 467 g/mol. The van der Waals surface area contributed by atoms with Crippen molar-refractivity contribution in [1.82, 2.24) is 0 Å². The summed E-state index contributed by atoms with van der Waals surface area (Å²) in [5.74, 6) is -1.54. The quantitative estimate of drug-likeness (QED) is 0.557. The molecule has 0 unspecified atom stereocenters. The number of carbonyl (C=O) groups is 3. The minimum absolute atomic E-state index is 0.0911. The number of hydrogen-bond donors (Lipinski definition) is 1. The summed E-state index contributed by atoms with van der Waals surface area (Å²) in [6.07, 6.45) is 5.41. The second-order valence-electron chi connectivity index (χ2n) is 10.5.